The Bertz CT molecular complexity index is 1160. The minimum atomic E-state index is -0.943. The van der Waals surface area contributed by atoms with Crippen LogP contribution in [0, 0.1) is 0 Å². The van der Waals surface area contributed by atoms with E-state index < -0.39 is 11.9 Å². The van der Waals surface area contributed by atoms with Crippen molar-refractivity contribution >= 4 is 23.7 Å². The lowest BCUT2D eigenvalue weighted by molar-refractivity contribution is -0.137. The molecule has 1 unspecified atom stereocenters. The maximum atomic E-state index is 11.1. The normalized spacial score (nSPS) is 11.8. The molecule has 0 aliphatic carbocycles. The minimum Gasteiger partial charge on any atom is -0.494 e. The van der Waals surface area contributed by atoms with E-state index in [1.807, 2.05) is 54.6 Å². The van der Waals surface area contributed by atoms with E-state index in [0.717, 1.165) is 48.5 Å². The summed E-state index contributed by atoms with van der Waals surface area (Å²) in [5, 5.41) is 18.2. The van der Waals surface area contributed by atoms with Gasteiger partial charge in [-0.2, -0.15) is 0 Å². The van der Waals surface area contributed by atoms with Gasteiger partial charge in [-0.3, -0.25) is 4.79 Å². The summed E-state index contributed by atoms with van der Waals surface area (Å²) in [6.45, 7) is 1.32. The fourth-order valence-electron chi connectivity index (χ4n) is 3.85. The van der Waals surface area contributed by atoms with Crippen molar-refractivity contribution in [3.05, 3.63) is 102 Å². The van der Waals surface area contributed by atoms with E-state index in [0.29, 0.717) is 19.6 Å². The number of carbonyl (C=O) groups is 2. The summed E-state index contributed by atoms with van der Waals surface area (Å²) in [6, 6.07) is 24.8. The van der Waals surface area contributed by atoms with Gasteiger partial charge in [0, 0.05) is 16.6 Å². The molecule has 206 valence electrons. The average molecular weight is 549 g/mol. The van der Waals surface area contributed by atoms with Crippen LogP contribution >= 0.6 is 11.8 Å². The molecule has 0 aliphatic rings. The molecule has 6 nitrogen and oxygen atoms in total. The monoisotopic (exact) mass is 548 g/mol. The molecule has 0 aromatic heterocycles. The summed E-state index contributed by atoms with van der Waals surface area (Å²) >= 11 is 1.66. The number of unbranched alkanes of at least 4 members (excludes halogenated alkanes) is 2. The number of thioether (sulfide) groups is 1. The lowest BCUT2D eigenvalue weighted by Gasteiger charge is -2.13. The molecular formula is C32H36O6S. The predicted molar refractivity (Wildman–Crippen MR) is 155 cm³/mol. The van der Waals surface area contributed by atoms with Crippen molar-refractivity contribution in [3.63, 3.8) is 0 Å². The molecule has 3 rings (SSSR count). The molecule has 0 radical (unpaired) electrons. The second kappa shape index (κ2) is 17.0. The quantitative estimate of drug-likeness (QED) is 0.0964. The van der Waals surface area contributed by atoms with E-state index in [1.54, 1.807) is 23.9 Å². The van der Waals surface area contributed by atoms with Crippen molar-refractivity contribution in [2.24, 2.45) is 0 Å². The molecule has 3 aromatic carbocycles. The Morgan fingerprint density at radius 1 is 0.769 bits per heavy atom. The molecular weight excluding hydrogens is 512 g/mol. The van der Waals surface area contributed by atoms with E-state index in [1.165, 1.54) is 5.56 Å². The minimum absolute atomic E-state index is 0.169. The standard InChI is InChI=1S/C32H36O6S/c33-31(34)14-5-4-12-29(39-30-21-17-26(18-22-30)32(35)36)13-8-9-25-15-19-28(20-16-25)38-24-7-6-23-37-27-10-2-1-3-11-27/h1-3,8,10-11,13,15-22,29H,4-7,9,12,14,23-24H2,(H,33,34)(H,35,36)/b13-8-. The molecule has 0 fully saturated rings. The Morgan fingerprint density at radius 2 is 1.41 bits per heavy atom. The molecule has 3 aromatic rings. The van der Waals surface area contributed by atoms with Gasteiger partial charge in [0.05, 0.1) is 18.8 Å². The Labute approximate surface area is 234 Å². The van der Waals surface area contributed by atoms with Crippen LogP contribution in [0.1, 0.15) is 54.4 Å². The first-order chi connectivity index (χ1) is 19.0. The second-order valence-corrected chi connectivity index (χ2v) is 10.4. The van der Waals surface area contributed by atoms with Crippen LogP contribution in [0.25, 0.3) is 0 Å². The van der Waals surface area contributed by atoms with E-state index in [4.69, 9.17) is 19.7 Å². The highest BCUT2D eigenvalue weighted by Gasteiger charge is 2.09. The van der Waals surface area contributed by atoms with Crippen molar-refractivity contribution in [2.75, 3.05) is 13.2 Å². The highest BCUT2D eigenvalue weighted by molar-refractivity contribution is 8.00. The van der Waals surface area contributed by atoms with E-state index in [-0.39, 0.29) is 17.2 Å². The van der Waals surface area contributed by atoms with E-state index in [2.05, 4.69) is 24.3 Å². The number of allylic oxidation sites excluding steroid dienone is 1. The van der Waals surface area contributed by atoms with E-state index >= 15 is 0 Å². The summed E-state index contributed by atoms with van der Waals surface area (Å²) < 4.78 is 11.6. The number of carboxylic acids is 2. The number of aromatic carboxylic acids is 1. The van der Waals surface area contributed by atoms with Gasteiger partial charge in [0.25, 0.3) is 0 Å². The SMILES string of the molecule is O=C(O)CCCCC(/C=C\Cc1ccc(OCCCCOc2ccccc2)cc1)Sc1ccc(C(=O)O)cc1. The van der Waals surface area contributed by atoms with Crippen molar-refractivity contribution in [3.8, 4) is 11.5 Å². The maximum Gasteiger partial charge on any atom is 0.335 e. The third kappa shape index (κ3) is 12.1. The van der Waals surface area contributed by atoms with Crippen molar-refractivity contribution in [2.45, 2.75) is 55.1 Å². The van der Waals surface area contributed by atoms with Crippen molar-refractivity contribution in [1.29, 1.82) is 0 Å². The largest absolute Gasteiger partial charge is 0.494 e. The van der Waals surface area contributed by atoms with Gasteiger partial charge < -0.3 is 19.7 Å². The van der Waals surface area contributed by atoms with Crippen molar-refractivity contribution < 1.29 is 29.3 Å². The van der Waals surface area contributed by atoms with Crippen LogP contribution in [0.3, 0.4) is 0 Å². The van der Waals surface area contributed by atoms with Gasteiger partial charge in [-0.25, -0.2) is 4.79 Å². The molecule has 39 heavy (non-hydrogen) atoms. The van der Waals surface area contributed by atoms with Crippen LogP contribution in [0.15, 0.2) is 95.9 Å². The van der Waals surface area contributed by atoms with Crippen molar-refractivity contribution in [1.82, 2.24) is 0 Å². The lowest BCUT2D eigenvalue weighted by Crippen LogP contribution is -2.02. The molecule has 2 N–H and O–H groups in total. The first-order valence-electron chi connectivity index (χ1n) is 13.3. The number of rotatable bonds is 18. The average Bonchev–Trinajstić information content (AvgIpc) is 2.94. The van der Waals surface area contributed by atoms with Crippen LogP contribution in [0.4, 0.5) is 0 Å². The summed E-state index contributed by atoms with van der Waals surface area (Å²) in [7, 11) is 0. The zero-order valence-corrected chi connectivity index (χ0v) is 22.9. The third-order valence-corrected chi connectivity index (χ3v) is 7.20. The van der Waals surface area contributed by atoms with Gasteiger partial charge in [0.1, 0.15) is 11.5 Å². The number of benzene rings is 3. The van der Waals surface area contributed by atoms with Gasteiger partial charge in [-0.15, -0.1) is 11.8 Å². The highest BCUT2D eigenvalue weighted by atomic mass is 32.2. The molecule has 0 saturated heterocycles. The van der Waals surface area contributed by atoms with Gasteiger partial charge in [-0.1, -0.05) is 48.9 Å². The predicted octanol–water partition coefficient (Wildman–Crippen LogP) is 7.53. The number of aliphatic carboxylic acids is 1. The molecule has 0 spiro atoms. The van der Waals surface area contributed by atoms with Crippen LogP contribution in [0.5, 0.6) is 11.5 Å². The molecule has 7 heteroatoms. The van der Waals surface area contributed by atoms with E-state index in [9.17, 15) is 9.59 Å². The Balaban J connectivity index is 1.42. The first-order valence-corrected chi connectivity index (χ1v) is 14.2. The molecule has 0 heterocycles. The Kier molecular flexibility index (Phi) is 13.0. The van der Waals surface area contributed by atoms with Crippen LogP contribution in [0.2, 0.25) is 0 Å². The maximum absolute atomic E-state index is 11.1. The zero-order chi connectivity index (χ0) is 27.7. The summed E-state index contributed by atoms with van der Waals surface area (Å²) in [4.78, 5) is 22.9. The molecule has 0 amide bonds. The fourth-order valence-corrected chi connectivity index (χ4v) is 4.96. The highest BCUT2D eigenvalue weighted by Crippen LogP contribution is 2.28. The van der Waals surface area contributed by atoms with Gasteiger partial charge >= 0.3 is 11.9 Å². The second-order valence-electron chi connectivity index (χ2n) is 9.12. The third-order valence-electron chi connectivity index (χ3n) is 5.96. The molecule has 0 saturated carbocycles. The molecule has 0 aliphatic heterocycles. The summed E-state index contributed by atoms with van der Waals surface area (Å²) in [5.41, 5.74) is 1.44. The van der Waals surface area contributed by atoms with Gasteiger partial charge in [0.15, 0.2) is 0 Å². The van der Waals surface area contributed by atoms with Crippen LogP contribution < -0.4 is 9.47 Å². The smallest absolute Gasteiger partial charge is 0.335 e. The summed E-state index contributed by atoms with van der Waals surface area (Å²) in [6.07, 6.45) is 9.40. The van der Waals surface area contributed by atoms with Gasteiger partial charge in [-0.05, 0) is 86.2 Å². The molecule has 0 bridgehead atoms. The zero-order valence-electron chi connectivity index (χ0n) is 22.0. The summed E-state index contributed by atoms with van der Waals surface area (Å²) in [5.74, 6) is 0.0222. The van der Waals surface area contributed by atoms with Crippen LogP contribution in [-0.2, 0) is 11.2 Å². The Hall–Kier alpha value is -3.71. The number of para-hydroxylation sites is 1. The number of carboxylic acid groups (broad SMARTS) is 2. The Morgan fingerprint density at radius 3 is 2.03 bits per heavy atom. The lowest BCUT2D eigenvalue weighted by atomic mass is 10.1. The van der Waals surface area contributed by atoms with Crippen LogP contribution in [-0.4, -0.2) is 40.6 Å². The number of hydrogen-bond donors (Lipinski definition) is 2. The number of hydrogen-bond acceptors (Lipinski definition) is 5. The fraction of sp³-hybridized carbons (Fsp3) is 0.312. The van der Waals surface area contributed by atoms with Gasteiger partial charge in [0.2, 0.25) is 0 Å². The topological polar surface area (TPSA) is 93.1 Å². The first kappa shape index (κ1) is 29.8. The number of ether oxygens (including phenoxy) is 2. The molecule has 1 atom stereocenters.